The molecule has 3 fully saturated rings. The lowest BCUT2D eigenvalue weighted by molar-refractivity contribution is -0.126. The molecule has 8 heteroatoms. The molecule has 0 spiro atoms. The van der Waals surface area contributed by atoms with Crippen LogP contribution in [0, 0.1) is 29.0 Å². The van der Waals surface area contributed by atoms with Crippen LogP contribution in [0.25, 0.3) is 11.1 Å². The monoisotopic (exact) mass is 559 g/mol. The number of nitriles is 1. The zero-order chi connectivity index (χ0) is 29.3. The lowest BCUT2D eigenvalue weighted by Crippen LogP contribution is -2.51. The maximum Gasteiger partial charge on any atom is 0.411 e. The van der Waals surface area contributed by atoms with Gasteiger partial charge in [-0.25, -0.2) is 9.18 Å². The molecule has 4 atom stereocenters. The molecule has 2 heterocycles. The SMILES string of the molecule is CC(C)(C)OC(=O)N1[C@@H]2CC[C@@H](C2)[C@H]1C(=O)C[C@H](C#N)Cc1ccc(-c2ccc(C(=O)N3CCCC3)cc2)cc1F. The van der Waals surface area contributed by atoms with E-state index in [0.29, 0.717) is 16.7 Å². The van der Waals surface area contributed by atoms with Crippen LogP contribution in [0.5, 0.6) is 0 Å². The zero-order valence-corrected chi connectivity index (χ0v) is 24.1. The van der Waals surface area contributed by atoms with Gasteiger partial charge in [-0.3, -0.25) is 14.5 Å². The van der Waals surface area contributed by atoms with E-state index < -0.39 is 29.5 Å². The number of hydrogen-bond acceptors (Lipinski definition) is 5. The van der Waals surface area contributed by atoms with Crippen LogP contribution >= 0.6 is 0 Å². The number of ether oxygens (including phenoxy) is 1. The largest absolute Gasteiger partial charge is 0.444 e. The van der Waals surface area contributed by atoms with Gasteiger partial charge in [0.05, 0.1) is 18.0 Å². The predicted octanol–water partition coefficient (Wildman–Crippen LogP) is 6.16. The molecule has 1 saturated carbocycles. The van der Waals surface area contributed by atoms with Gasteiger partial charge in [0.25, 0.3) is 5.91 Å². The molecule has 216 valence electrons. The highest BCUT2D eigenvalue weighted by atomic mass is 19.1. The minimum absolute atomic E-state index is 0.0123. The van der Waals surface area contributed by atoms with Gasteiger partial charge in [0, 0.05) is 31.1 Å². The Labute approximate surface area is 241 Å². The number of nitrogens with zero attached hydrogens (tertiary/aromatic N) is 3. The summed E-state index contributed by atoms with van der Waals surface area (Å²) in [5, 5.41) is 9.85. The van der Waals surface area contributed by atoms with Crippen molar-refractivity contribution in [3.05, 3.63) is 59.4 Å². The molecule has 5 rings (SSSR count). The van der Waals surface area contributed by atoms with Gasteiger partial charge in [-0.15, -0.1) is 0 Å². The number of hydrogen-bond donors (Lipinski definition) is 0. The predicted molar refractivity (Wildman–Crippen MR) is 152 cm³/mol. The molecule has 41 heavy (non-hydrogen) atoms. The smallest absolute Gasteiger partial charge is 0.411 e. The average Bonchev–Trinajstić information content (AvgIpc) is 3.71. The summed E-state index contributed by atoms with van der Waals surface area (Å²) in [6.45, 7) is 6.96. The Morgan fingerprint density at radius 3 is 2.37 bits per heavy atom. The summed E-state index contributed by atoms with van der Waals surface area (Å²) < 4.78 is 20.8. The molecule has 1 aliphatic carbocycles. The molecule has 3 aliphatic rings. The maximum absolute atomic E-state index is 15.2. The Hall–Kier alpha value is -3.73. The van der Waals surface area contributed by atoms with Gasteiger partial charge in [0.2, 0.25) is 0 Å². The maximum atomic E-state index is 15.2. The highest BCUT2D eigenvalue weighted by molar-refractivity contribution is 5.95. The first-order valence-electron chi connectivity index (χ1n) is 14.7. The van der Waals surface area contributed by atoms with Crippen LogP contribution in [0.3, 0.4) is 0 Å². The molecule has 0 unspecified atom stereocenters. The van der Waals surface area contributed by atoms with Crippen molar-refractivity contribution in [1.29, 1.82) is 5.26 Å². The molecule has 2 aromatic carbocycles. The van der Waals surface area contributed by atoms with E-state index in [1.165, 1.54) is 6.07 Å². The first kappa shape index (κ1) is 28.8. The van der Waals surface area contributed by atoms with Crippen molar-refractivity contribution in [3.63, 3.8) is 0 Å². The number of halogens is 1. The number of Topliss-reactive ketones (excluding diaryl/α,β-unsaturated/α-hetero) is 1. The van der Waals surface area contributed by atoms with Gasteiger partial charge < -0.3 is 9.64 Å². The van der Waals surface area contributed by atoms with Crippen LogP contribution < -0.4 is 0 Å². The molecule has 2 aliphatic heterocycles. The molecule has 0 aromatic heterocycles. The lowest BCUT2D eigenvalue weighted by atomic mass is 9.87. The van der Waals surface area contributed by atoms with Crippen molar-refractivity contribution < 1.29 is 23.5 Å². The summed E-state index contributed by atoms with van der Waals surface area (Å²) in [7, 11) is 0. The van der Waals surface area contributed by atoms with Crippen LogP contribution in [-0.2, 0) is 16.0 Å². The van der Waals surface area contributed by atoms with Gasteiger partial charge >= 0.3 is 6.09 Å². The Morgan fingerprint density at radius 2 is 1.73 bits per heavy atom. The van der Waals surface area contributed by atoms with Crippen LogP contribution in [-0.4, -0.2) is 58.4 Å². The van der Waals surface area contributed by atoms with Crippen molar-refractivity contribution in [3.8, 4) is 17.2 Å². The molecule has 2 aromatic rings. The third kappa shape index (κ3) is 6.29. The fourth-order valence-electron chi connectivity index (χ4n) is 6.57. The fourth-order valence-corrected chi connectivity index (χ4v) is 6.57. The Morgan fingerprint density at radius 1 is 1.05 bits per heavy atom. The summed E-state index contributed by atoms with van der Waals surface area (Å²) in [4.78, 5) is 42.4. The number of rotatable bonds is 7. The van der Waals surface area contributed by atoms with Crippen molar-refractivity contribution >= 4 is 17.8 Å². The second-order valence-electron chi connectivity index (χ2n) is 12.6. The third-order valence-electron chi connectivity index (χ3n) is 8.53. The normalized spacial score (nSPS) is 22.5. The fraction of sp³-hybridized carbons (Fsp3) is 0.515. The zero-order valence-electron chi connectivity index (χ0n) is 24.1. The van der Waals surface area contributed by atoms with Gasteiger partial charge in [0.15, 0.2) is 5.78 Å². The highest BCUT2D eigenvalue weighted by Crippen LogP contribution is 2.44. The number of likely N-dealkylation sites (tertiary alicyclic amines) is 2. The molecule has 0 N–H and O–H groups in total. The minimum Gasteiger partial charge on any atom is -0.444 e. The van der Waals surface area contributed by atoms with Crippen LogP contribution in [0.1, 0.15) is 75.2 Å². The summed E-state index contributed by atoms with van der Waals surface area (Å²) >= 11 is 0. The third-order valence-corrected chi connectivity index (χ3v) is 8.53. The van der Waals surface area contributed by atoms with E-state index in [9.17, 15) is 19.6 Å². The number of fused-ring (bicyclic) bond motifs is 2. The number of carbonyl (C=O) groups excluding carboxylic acids is 3. The second kappa shape index (κ2) is 11.6. The standard InChI is InChI=1S/C33H38FN3O4/c1-33(2,3)41-32(40)37-27-13-12-26(18-27)30(37)29(38)17-21(20-35)16-25-11-10-24(19-28(25)34)22-6-8-23(9-7-22)31(39)36-14-4-5-15-36/h6-11,19,21,26-27,30H,4-5,12-18H2,1-3H3/t21-,26+,27-,30+/m1/s1. The average molecular weight is 560 g/mol. The van der Waals surface area contributed by atoms with Crippen LogP contribution in [0.2, 0.25) is 0 Å². The number of ketones is 1. The van der Waals surface area contributed by atoms with E-state index in [1.807, 2.05) is 17.0 Å². The molecule has 0 radical (unpaired) electrons. The first-order chi connectivity index (χ1) is 19.5. The number of piperidine rings is 1. The topological polar surface area (TPSA) is 90.7 Å². The Kier molecular flexibility index (Phi) is 8.17. The van der Waals surface area contributed by atoms with E-state index in [0.717, 1.165) is 50.8 Å². The summed E-state index contributed by atoms with van der Waals surface area (Å²) in [5.41, 5.74) is 1.78. The molecule has 7 nitrogen and oxygen atoms in total. The van der Waals surface area contributed by atoms with Crippen LogP contribution in [0.15, 0.2) is 42.5 Å². The molecular weight excluding hydrogens is 521 g/mol. The quantitative estimate of drug-likeness (QED) is 0.405. The van der Waals surface area contributed by atoms with E-state index in [-0.39, 0.29) is 36.5 Å². The van der Waals surface area contributed by atoms with E-state index in [1.54, 1.807) is 49.9 Å². The first-order valence-corrected chi connectivity index (χ1v) is 14.7. The Bertz CT molecular complexity index is 1350. The molecule has 2 bridgehead atoms. The molecule has 2 saturated heterocycles. The van der Waals surface area contributed by atoms with E-state index in [4.69, 9.17) is 4.74 Å². The summed E-state index contributed by atoms with van der Waals surface area (Å²) in [6.07, 6.45) is 4.14. The van der Waals surface area contributed by atoms with Gasteiger partial charge in [-0.1, -0.05) is 24.3 Å². The second-order valence-corrected chi connectivity index (χ2v) is 12.6. The van der Waals surface area contributed by atoms with Gasteiger partial charge in [0.1, 0.15) is 11.4 Å². The van der Waals surface area contributed by atoms with Gasteiger partial charge in [-0.05, 0) is 100 Å². The highest BCUT2D eigenvalue weighted by Gasteiger charge is 2.52. The molecular formula is C33H38FN3O4. The van der Waals surface area contributed by atoms with Crippen molar-refractivity contribution in [2.24, 2.45) is 11.8 Å². The number of amides is 2. The number of benzene rings is 2. The summed E-state index contributed by atoms with van der Waals surface area (Å²) in [6, 6.07) is 13.7. The summed E-state index contributed by atoms with van der Waals surface area (Å²) in [5.74, 6) is -1.21. The van der Waals surface area contributed by atoms with E-state index in [2.05, 4.69) is 6.07 Å². The van der Waals surface area contributed by atoms with Crippen molar-refractivity contribution in [1.82, 2.24) is 9.80 Å². The lowest BCUT2D eigenvalue weighted by Gasteiger charge is -2.35. The molecule has 2 amide bonds. The van der Waals surface area contributed by atoms with Gasteiger partial charge in [-0.2, -0.15) is 5.26 Å². The van der Waals surface area contributed by atoms with E-state index >= 15 is 4.39 Å². The Balaban J connectivity index is 1.24. The van der Waals surface area contributed by atoms with Crippen molar-refractivity contribution in [2.45, 2.75) is 83.4 Å². The number of carbonyl (C=O) groups is 3. The minimum atomic E-state index is -0.710. The van der Waals surface area contributed by atoms with Crippen LogP contribution in [0.4, 0.5) is 9.18 Å². The van der Waals surface area contributed by atoms with Crippen molar-refractivity contribution in [2.75, 3.05) is 13.1 Å².